The quantitative estimate of drug-likeness (QED) is 0.515. The number of aromatic nitrogens is 4. The molecule has 10 heteroatoms. The number of aromatic amines is 1. The van der Waals surface area contributed by atoms with E-state index in [1.54, 1.807) is 0 Å². The maximum atomic E-state index is 14.0. The molecule has 0 aromatic carbocycles. The highest BCUT2D eigenvalue weighted by atomic mass is 19.1. The molecule has 4 atom stereocenters. The second-order valence-corrected chi connectivity index (χ2v) is 4.50. The van der Waals surface area contributed by atoms with E-state index in [2.05, 4.69) is 15.3 Å². The number of fused-ring (bicyclic) bond motifs is 1. The summed E-state index contributed by atoms with van der Waals surface area (Å²) in [5.41, 5.74) is 5.13. The highest BCUT2D eigenvalue weighted by Gasteiger charge is 2.46. The minimum Gasteiger partial charge on any atom is -0.394 e. The molecular weight excluding hydrogens is 273 g/mol. The number of pyridine rings is 1. The molecule has 1 fully saturated rings. The number of nitrogens with two attached hydrogens (primary N) is 1. The lowest BCUT2D eigenvalue weighted by Crippen LogP contribution is -2.30. The van der Waals surface area contributed by atoms with Crippen LogP contribution in [-0.2, 0) is 4.74 Å². The molecule has 0 radical (unpaired) electrons. The third-order valence-corrected chi connectivity index (χ3v) is 3.21. The predicted molar refractivity (Wildman–Crippen MR) is 64.5 cm³/mol. The minimum atomic E-state index is -1.81. The van der Waals surface area contributed by atoms with Crippen LogP contribution in [0.1, 0.15) is 6.23 Å². The Bertz CT molecular complexity index is 701. The number of aliphatic hydroxyl groups is 2. The van der Waals surface area contributed by atoms with E-state index in [1.165, 1.54) is 6.07 Å². The van der Waals surface area contributed by atoms with E-state index >= 15 is 0 Å². The van der Waals surface area contributed by atoms with Gasteiger partial charge in [-0.05, 0) is 0 Å². The number of alkyl halides is 1. The highest BCUT2D eigenvalue weighted by molar-refractivity contribution is 5.75. The van der Waals surface area contributed by atoms with E-state index < -0.39 is 36.8 Å². The van der Waals surface area contributed by atoms with Crippen LogP contribution >= 0.6 is 0 Å². The number of aliphatic hydroxyl groups excluding tert-OH is 2. The second kappa shape index (κ2) is 4.51. The van der Waals surface area contributed by atoms with Gasteiger partial charge in [0.15, 0.2) is 17.9 Å². The van der Waals surface area contributed by atoms with Gasteiger partial charge in [-0.1, -0.05) is 5.21 Å². The Morgan fingerprint density at radius 3 is 3.00 bits per heavy atom. The number of nitrogen functional groups attached to an aromatic ring is 1. The number of halogens is 1. The third-order valence-electron chi connectivity index (χ3n) is 3.21. The van der Waals surface area contributed by atoms with Crippen LogP contribution in [0.3, 0.4) is 0 Å². The van der Waals surface area contributed by atoms with Gasteiger partial charge in [0.05, 0.1) is 6.61 Å². The molecule has 1 aliphatic heterocycles. The number of rotatable bonds is 2. The fourth-order valence-electron chi connectivity index (χ4n) is 2.21. The van der Waals surface area contributed by atoms with Crippen molar-refractivity contribution < 1.29 is 19.3 Å². The van der Waals surface area contributed by atoms with Gasteiger partial charge in [-0.25, -0.2) is 9.07 Å². The van der Waals surface area contributed by atoms with Crippen molar-refractivity contribution in [3.63, 3.8) is 0 Å². The average Bonchev–Trinajstić information content (AvgIpc) is 2.93. The van der Waals surface area contributed by atoms with Crippen LogP contribution < -0.4 is 11.3 Å². The van der Waals surface area contributed by atoms with Crippen LogP contribution in [-0.4, -0.2) is 55.2 Å². The largest absolute Gasteiger partial charge is 0.394 e. The van der Waals surface area contributed by atoms with Gasteiger partial charge in [0.25, 0.3) is 5.56 Å². The van der Waals surface area contributed by atoms with Gasteiger partial charge in [-0.2, -0.15) is 0 Å². The Hall–Kier alpha value is -2.04. The van der Waals surface area contributed by atoms with Gasteiger partial charge in [0.1, 0.15) is 23.5 Å². The molecule has 1 saturated heterocycles. The molecule has 0 spiro atoms. The number of hydrogen-bond donors (Lipinski definition) is 4. The lowest BCUT2D eigenvalue weighted by Gasteiger charge is -2.13. The van der Waals surface area contributed by atoms with Gasteiger partial charge in [-0.15, -0.1) is 5.10 Å². The molecular formula is C10H12FN5O4. The van der Waals surface area contributed by atoms with Crippen LogP contribution in [0.25, 0.3) is 11.0 Å². The molecule has 20 heavy (non-hydrogen) atoms. The summed E-state index contributed by atoms with van der Waals surface area (Å²) < 4.78 is 20.3. The maximum Gasteiger partial charge on any atom is 0.279 e. The van der Waals surface area contributed by atoms with Gasteiger partial charge in [0, 0.05) is 6.07 Å². The molecule has 2 aromatic rings. The molecule has 0 amide bonds. The molecule has 3 heterocycles. The van der Waals surface area contributed by atoms with E-state index in [1.807, 2.05) is 0 Å². The summed E-state index contributed by atoms with van der Waals surface area (Å²) in [7, 11) is 0. The van der Waals surface area contributed by atoms with Crippen LogP contribution in [0.2, 0.25) is 0 Å². The lowest BCUT2D eigenvalue weighted by molar-refractivity contribution is -0.0509. The first-order valence-electron chi connectivity index (χ1n) is 5.85. The first-order valence-corrected chi connectivity index (χ1v) is 5.85. The number of nitrogens with one attached hydrogen (secondary N) is 1. The number of ether oxygens (including phenoxy) is 1. The zero-order chi connectivity index (χ0) is 14.4. The van der Waals surface area contributed by atoms with Crippen LogP contribution in [0.15, 0.2) is 10.9 Å². The van der Waals surface area contributed by atoms with E-state index in [0.717, 1.165) is 4.68 Å². The van der Waals surface area contributed by atoms with Crippen molar-refractivity contribution in [1.29, 1.82) is 0 Å². The molecule has 0 saturated carbocycles. The normalized spacial score (nSPS) is 30.1. The number of nitrogens with zero attached hydrogens (tertiary/aromatic N) is 3. The van der Waals surface area contributed by atoms with Gasteiger partial charge >= 0.3 is 0 Å². The van der Waals surface area contributed by atoms with Crippen LogP contribution in [0, 0.1) is 0 Å². The summed E-state index contributed by atoms with van der Waals surface area (Å²) in [4.78, 5) is 14.0. The Balaban J connectivity index is 2.09. The molecule has 0 unspecified atom stereocenters. The lowest BCUT2D eigenvalue weighted by atomic mass is 10.1. The van der Waals surface area contributed by atoms with Crippen LogP contribution in [0.5, 0.6) is 0 Å². The predicted octanol–water partition coefficient (Wildman–Crippen LogP) is -1.71. The maximum absolute atomic E-state index is 14.0. The van der Waals surface area contributed by atoms with Crippen molar-refractivity contribution in [2.24, 2.45) is 0 Å². The van der Waals surface area contributed by atoms with E-state index in [4.69, 9.17) is 15.6 Å². The summed E-state index contributed by atoms with van der Waals surface area (Å²) in [5, 5.41) is 25.9. The fourth-order valence-corrected chi connectivity index (χ4v) is 2.21. The van der Waals surface area contributed by atoms with E-state index in [9.17, 15) is 14.3 Å². The first kappa shape index (κ1) is 13.0. The number of H-pyrrole nitrogens is 1. The van der Waals surface area contributed by atoms with Crippen molar-refractivity contribution >= 4 is 16.9 Å². The second-order valence-electron chi connectivity index (χ2n) is 4.50. The monoisotopic (exact) mass is 285 g/mol. The van der Waals surface area contributed by atoms with Crippen molar-refractivity contribution in [1.82, 2.24) is 20.0 Å². The van der Waals surface area contributed by atoms with E-state index in [-0.39, 0.29) is 16.9 Å². The topological polar surface area (TPSA) is 139 Å². The summed E-state index contributed by atoms with van der Waals surface area (Å²) in [6.07, 6.45) is -5.64. The highest BCUT2D eigenvalue weighted by Crippen LogP contribution is 2.32. The average molecular weight is 285 g/mol. The van der Waals surface area contributed by atoms with Crippen molar-refractivity contribution in [2.75, 3.05) is 12.3 Å². The van der Waals surface area contributed by atoms with Gasteiger partial charge in [-0.3, -0.25) is 4.79 Å². The Labute approximate surface area is 110 Å². The first-order chi connectivity index (χ1) is 9.52. The molecule has 108 valence electrons. The van der Waals surface area contributed by atoms with Gasteiger partial charge in [0.2, 0.25) is 0 Å². The Kier molecular flexibility index (Phi) is 2.92. The Morgan fingerprint density at radius 1 is 1.60 bits per heavy atom. The van der Waals surface area contributed by atoms with Crippen molar-refractivity contribution in [2.45, 2.75) is 24.6 Å². The Morgan fingerprint density at radius 2 is 2.35 bits per heavy atom. The number of hydrogen-bond acceptors (Lipinski definition) is 7. The molecule has 5 N–H and O–H groups in total. The molecule has 0 aliphatic carbocycles. The molecule has 9 nitrogen and oxygen atoms in total. The van der Waals surface area contributed by atoms with Crippen molar-refractivity contribution in [3.8, 4) is 0 Å². The summed E-state index contributed by atoms with van der Waals surface area (Å²) in [6.45, 7) is -0.534. The third kappa shape index (κ3) is 1.77. The van der Waals surface area contributed by atoms with Crippen molar-refractivity contribution in [3.05, 3.63) is 16.4 Å². The summed E-state index contributed by atoms with van der Waals surface area (Å²) >= 11 is 0. The van der Waals surface area contributed by atoms with Gasteiger partial charge < -0.3 is 25.7 Å². The molecule has 0 bridgehead atoms. The molecule has 1 aliphatic rings. The molecule has 3 rings (SSSR count). The fraction of sp³-hybridized carbons (Fsp3) is 0.500. The van der Waals surface area contributed by atoms with E-state index in [0.29, 0.717) is 0 Å². The zero-order valence-electron chi connectivity index (χ0n) is 10.1. The standard InChI is InChI=1S/C10H12FN5O4/c11-6-8(18)4(2-17)20-10(6)16-3-1-5(12)13-9(19)7(3)14-15-16/h1,4,6,8,10,17-18H,2H2,(H3,12,13,19)/t4-,6+,8-,10-/m1/s1. The SMILES string of the molecule is Nc1cc2c(nnn2[C@@H]2O[C@H](CO)[C@@H](O)[C@@H]2F)c(=O)[nH]1. The molecule has 2 aromatic heterocycles. The minimum absolute atomic E-state index is 0.0167. The smallest absolute Gasteiger partial charge is 0.279 e. The number of anilines is 1. The zero-order valence-corrected chi connectivity index (χ0v) is 10.1. The summed E-state index contributed by atoms with van der Waals surface area (Å²) in [5.74, 6) is 0.0683. The van der Waals surface area contributed by atoms with Crippen LogP contribution in [0.4, 0.5) is 10.2 Å². The summed E-state index contributed by atoms with van der Waals surface area (Å²) in [6, 6.07) is 1.37.